The third-order valence-electron chi connectivity index (χ3n) is 2.61. The Morgan fingerprint density at radius 3 is 2.95 bits per heavy atom. The van der Waals surface area contributed by atoms with E-state index in [1.54, 1.807) is 6.92 Å². The number of nitrogen functional groups attached to an aromatic ring is 1. The van der Waals surface area contributed by atoms with Crippen LogP contribution in [0.1, 0.15) is 5.56 Å². The third kappa shape index (κ3) is 2.05. The van der Waals surface area contributed by atoms with Crippen LogP contribution >= 0.6 is 0 Å². The van der Waals surface area contributed by atoms with E-state index < -0.39 is 0 Å². The van der Waals surface area contributed by atoms with Crippen LogP contribution in [-0.4, -0.2) is 19.9 Å². The second-order valence-corrected chi connectivity index (χ2v) is 4.00. The van der Waals surface area contributed by atoms with Gasteiger partial charge in [-0.25, -0.2) is 9.37 Å². The molecule has 0 aliphatic heterocycles. The molecular formula is C12H10FN5O. The Kier molecular flexibility index (Phi) is 2.52. The van der Waals surface area contributed by atoms with Crippen molar-refractivity contribution in [1.29, 1.82) is 0 Å². The highest BCUT2D eigenvalue weighted by Gasteiger charge is 2.12. The van der Waals surface area contributed by atoms with Gasteiger partial charge in [0.1, 0.15) is 17.1 Å². The maximum Gasteiger partial charge on any atom is 0.250 e. The zero-order valence-corrected chi connectivity index (χ0v) is 10.0. The van der Waals surface area contributed by atoms with Crippen molar-refractivity contribution < 1.29 is 9.13 Å². The number of halogens is 1. The fourth-order valence-corrected chi connectivity index (χ4v) is 1.73. The minimum atomic E-state index is -0.321. The minimum absolute atomic E-state index is 0.0642. The topological polar surface area (TPSA) is 89.7 Å². The number of imidazole rings is 1. The number of aromatic amines is 1. The van der Waals surface area contributed by atoms with Gasteiger partial charge in [0.15, 0.2) is 5.65 Å². The van der Waals surface area contributed by atoms with Gasteiger partial charge in [0.05, 0.1) is 6.33 Å². The van der Waals surface area contributed by atoms with Crippen LogP contribution in [0.15, 0.2) is 24.5 Å². The van der Waals surface area contributed by atoms with E-state index in [2.05, 4.69) is 19.9 Å². The van der Waals surface area contributed by atoms with Gasteiger partial charge in [0.25, 0.3) is 5.88 Å². The Hall–Kier alpha value is -2.70. The SMILES string of the molecule is Cc1cc(F)ccc1Oc1nc(N)nc2nc[nH]c12. The standard InChI is InChI=1S/C12H10FN5O/c1-6-4-7(13)2-3-8(6)19-11-9-10(16-5-15-9)17-12(14)18-11/h2-5H,1H3,(H3,14,15,16,17,18). The molecule has 0 saturated heterocycles. The van der Waals surface area contributed by atoms with Crippen molar-refractivity contribution in [1.82, 2.24) is 19.9 Å². The van der Waals surface area contributed by atoms with Gasteiger partial charge in [-0.15, -0.1) is 0 Å². The van der Waals surface area contributed by atoms with Gasteiger partial charge >= 0.3 is 0 Å². The molecule has 96 valence electrons. The number of hydrogen-bond acceptors (Lipinski definition) is 5. The molecular weight excluding hydrogens is 249 g/mol. The zero-order valence-electron chi connectivity index (χ0n) is 10.0. The zero-order chi connectivity index (χ0) is 13.4. The van der Waals surface area contributed by atoms with Crippen molar-refractivity contribution >= 4 is 17.1 Å². The lowest BCUT2D eigenvalue weighted by molar-refractivity contribution is 0.462. The van der Waals surface area contributed by atoms with Gasteiger partial charge in [-0.1, -0.05) is 0 Å². The number of fused-ring (bicyclic) bond motifs is 1. The number of aryl methyl sites for hydroxylation is 1. The fourth-order valence-electron chi connectivity index (χ4n) is 1.73. The number of rotatable bonds is 2. The summed E-state index contributed by atoms with van der Waals surface area (Å²) < 4.78 is 18.7. The molecule has 6 nitrogen and oxygen atoms in total. The summed E-state index contributed by atoms with van der Waals surface area (Å²) in [5.41, 5.74) is 7.20. The molecule has 0 atom stereocenters. The molecule has 0 saturated carbocycles. The van der Waals surface area contributed by atoms with Crippen LogP contribution in [-0.2, 0) is 0 Å². The maximum atomic E-state index is 13.0. The molecule has 0 aliphatic carbocycles. The summed E-state index contributed by atoms with van der Waals surface area (Å²) in [7, 11) is 0. The van der Waals surface area contributed by atoms with E-state index >= 15 is 0 Å². The van der Waals surface area contributed by atoms with E-state index in [0.29, 0.717) is 22.5 Å². The molecule has 19 heavy (non-hydrogen) atoms. The van der Waals surface area contributed by atoms with Gasteiger partial charge in [-0.05, 0) is 30.7 Å². The number of nitrogens with two attached hydrogens (primary N) is 1. The Morgan fingerprint density at radius 1 is 1.32 bits per heavy atom. The fraction of sp³-hybridized carbons (Fsp3) is 0.0833. The van der Waals surface area contributed by atoms with Crippen molar-refractivity contribution in [2.75, 3.05) is 5.73 Å². The summed E-state index contributed by atoms with van der Waals surface area (Å²) in [4.78, 5) is 14.8. The Labute approximate surface area is 107 Å². The lowest BCUT2D eigenvalue weighted by Crippen LogP contribution is -1.99. The molecule has 0 amide bonds. The van der Waals surface area contributed by atoms with Gasteiger partial charge in [0.2, 0.25) is 5.95 Å². The van der Waals surface area contributed by atoms with Gasteiger partial charge in [-0.2, -0.15) is 9.97 Å². The van der Waals surface area contributed by atoms with E-state index in [1.807, 2.05) is 0 Å². The molecule has 0 aliphatic rings. The molecule has 0 unspecified atom stereocenters. The van der Waals surface area contributed by atoms with E-state index in [4.69, 9.17) is 10.5 Å². The van der Waals surface area contributed by atoms with Crippen molar-refractivity contribution in [2.24, 2.45) is 0 Å². The van der Waals surface area contributed by atoms with E-state index in [0.717, 1.165) is 0 Å². The Balaban J connectivity index is 2.07. The van der Waals surface area contributed by atoms with Crippen LogP contribution in [0, 0.1) is 12.7 Å². The summed E-state index contributed by atoms with van der Waals surface area (Å²) >= 11 is 0. The smallest absolute Gasteiger partial charge is 0.250 e. The van der Waals surface area contributed by atoms with Crippen LogP contribution in [0.3, 0.4) is 0 Å². The molecule has 3 rings (SSSR count). The monoisotopic (exact) mass is 259 g/mol. The molecule has 7 heteroatoms. The number of aromatic nitrogens is 4. The second-order valence-electron chi connectivity index (χ2n) is 4.00. The molecule has 0 radical (unpaired) electrons. The van der Waals surface area contributed by atoms with Gasteiger partial charge < -0.3 is 15.5 Å². The van der Waals surface area contributed by atoms with Gasteiger partial charge in [0, 0.05) is 0 Å². The van der Waals surface area contributed by atoms with Crippen molar-refractivity contribution in [3.05, 3.63) is 35.9 Å². The largest absolute Gasteiger partial charge is 0.437 e. The lowest BCUT2D eigenvalue weighted by Gasteiger charge is -2.08. The van der Waals surface area contributed by atoms with E-state index in [9.17, 15) is 4.39 Å². The molecule has 1 aromatic carbocycles. The van der Waals surface area contributed by atoms with Gasteiger partial charge in [-0.3, -0.25) is 0 Å². The maximum absolute atomic E-state index is 13.0. The first-order valence-electron chi connectivity index (χ1n) is 5.54. The summed E-state index contributed by atoms with van der Waals surface area (Å²) in [6.45, 7) is 1.74. The molecule has 0 fully saturated rings. The lowest BCUT2D eigenvalue weighted by atomic mass is 10.2. The average molecular weight is 259 g/mol. The highest BCUT2D eigenvalue weighted by Crippen LogP contribution is 2.28. The Bertz CT molecular complexity index is 755. The molecule has 3 aromatic rings. The highest BCUT2D eigenvalue weighted by molar-refractivity contribution is 5.77. The quantitative estimate of drug-likeness (QED) is 0.736. The first kappa shape index (κ1) is 11.4. The van der Waals surface area contributed by atoms with E-state index in [-0.39, 0.29) is 17.6 Å². The van der Waals surface area contributed by atoms with Crippen molar-refractivity contribution in [2.45, 2.75) is 6.92 Å². The summed E-state index contributed by atoms with van der Waals surface area (Å²) in [6.07, 6.45) is 1.48. The van der Waals surface area contributed by atoms with Crippen LogP contribution < -0.4 is 10.5 Å². The number of hydrogen-bond donors (Lipinski definition) is 2. The first-order valence-corrected chi connectivity index (χ1v) is 5.54. The number of nitrogens with zero attached hydrogens (tertiary/aromatic N) is 3. The number of ether oxygens (including phenoxy) is 1. The van der Waals surface area contributed by atoms with E-state index in [1.165, 1.54) is 24.5 Å². The third-order valence-corrected chi connectivity index (χ3v) is 2.61. The average Bonchev–Trinajstić information content (AvgIpc) is 2.80. The van der Waals surface area contributed by atoms with Crippen molar-refractivity contribution in [3.8, 4) is 11.6 Å². The molecule has 2 heterocycles. The van der Waals surface area contributed by atoms with Crippen molar-refractivity contribution in [3.63, 3.8) is 0 Å². The van der Waals surface area contributed by atoms with Crippen LogP contribution in [0.25, 0.3) is 11.2 Å². The molecule has 3 N–H and O–H groups in total. The normalized spacial score (nSPS) is 10.8. The number of nitrogens with one attached hydrogen (secondary N) is 1. The predicted octanol–water partition coefficient (Wildman–Crippen LogP) is 2.17. The minimum Gasteiger partial charge on any atom is -0.437 e. The summed E-state index contributed by atoms with van der Waals surface area (Å²) in [6, 6.07) is 4.23. The number of anilines is 1. The molecule has 2 aromatic heterocycles. The second kappa shape index (κ2) is 4.20. The molecule has 0 bridgehead atoms. The summed E-state index contributed by atoms with van der Waals surface area (Å²) in [5, 5.41) is 0. The predicted molar refractivity (Wildman–Crippen MR) is 67.3 cm³/mol. The Morgan fingerprint density at radius 2 is 2.16 bits per heavy atom. The number of H-pyrrole nitrogens is 1. The van der Waals surface area contributed by atoms with Crippen LogP contribution in [0.2, 0.25) is 0 Å². The van der Waals surface area contributed by atoms with Crippen LogP contribution in [0.5, 0.6) is 11.6 Å². The summed E-state index contributed by atoms with van der Waals surface area (Å²) in [5.74, 6) is 0.498. The molecule has 0 spiro atoms. The first-order chi connectivity index (χ1) is 9.13. The highest BCUT2D eigenvalue weighted by atomic mass is 19.1. The van der Waals surface area contributed by atoms with Crippen LogP contribution in [0.4, 0.5) is 10.3 Å². The number of benzene rings is 1.